The molecule has 1 atom stereocenters. The number of aryl methyl sites for hydroxylation is 1. The molecule has 1 aliphatic heterocycles. The molecule has 2 N–H and O–H groups in total. The summed E-state index contributed by atoms with van der Waals surface area (Å²) in [7, 11) is 0. The summed E-state index contributed by atoms with van der Waals surface area (Å²) >= 11 is 3.64. The lowest BCUT2D eigenvalue weighted by Gasteiger charge is -2.24. The van der Waals surface area contributed by atoms with Crippen molar-refractivity contribution in [2.75, 3.05) is 6.54 Å². The van der Waals surface area contributed by atoms with Crippen LogP contribution in [0.25, 0.3) is 10.9 Å². The van der Waals surface area contributed by atoms with Crippen LogP contribution in [0.2, 0.25) is 0 Å². The Hall–Kier alpha value is -0.800. The number of halogens is 1. The van der Waals surface area contributed by atoms with Gasteiger partial charge in [0.15, 0.2) is 0 Å². The van der Waals surface area contributed by atoms with Crippen LogP contribution in [0, 0.1) is 5.92 Å². The monoisotopic (exact) mass is 278 g/mol. The first-order valence-corrected chi connectivity index (χ1v) is 6.55. The van der Waals surface area contributed by atoms with E-state index in [1.54, 1.807) is 0 Å². The van der Waals surface area contributed by atoms with E-state index in [2.05, 4.69) is 44.8 Å². The molecule has 0 saturated heterocycles. The molecule has 0 bridgehead atoms. The number of rotatable bonds is 1. The Morgan fingerprint density at radius 2 is 2.31 bits per heavy atom. The number of hydrogen-bond donors (Lipinski definition) is 1. The minimum absolute atomic E-state index is 0.634. The molecule has 1 aromatic heterocycles. The maximum absolute atomic E-state index is 5.79. The van der Waals surface area contributed by atoms with Gasteiger partial charge in [0.05, 0.1) is 5.52 Å². The molecule has 3 heteroatoms. The maximum Gasteiger partial charge on any atom is 0.0626 e. The molecular weight excluding hydrogens is 264 g/mol. The maximum atomic E-state index is 5.79. The van der Waals surface area contributed by atoms with Crippen molar-refractivity contribution in [3.05, 3.63) is 34.4 Å². The third-order valence-electron chi connectivity index (χ3n) is 3.54. The second-order valence-electron chi connectivity index (χ2n) is 4.56. The van der Waals surface area contributed by atoms with Crippen molar-refractivity contribution in [1.82, 2.24) is 4.57 Å². The normalized spacial score (nSPS) is 20.0. The lowest BCUT2D eigenvalue weighted by molar-refractivity contribution is 0.385. The molecular formula is C13H15BrN2. The fraction of sp³-hybridized carbons (Fsp3) is 0.385. The van der Waals surface area contributed by atoms with Crippen molar-refractivity contribution in [1.29, 1.82) is 0 Å². The van der Waals surface area contributed by atoms with Crippen LogP contribution >= 0.6 is 15.9 Å². The molecule has 2 nitrogen and oxygen atoms in total. The zero-order chi connectivity index (χ0) is 11.1. The summed E-state index contributed by atoms with van der Waals surface area (Å²) in [6.07, 6.45) is 2.38. The summed E-state index contributed by atoms with van der Waals surface area (Å²) in [5, 5.41) is 1.34. The van der Waals surface area contributed by atoms with Crippen LogP contribution in [0.3, 0.4) is 0 Å². The Balaban J connectivity index is 2.19. The molecule has 0 spiro atoms. The van der Waals surface area contributed by atoms with E-state index in [9.17, 15) is 0 Å². The van der Waals surface area contributed by atoms with E-state index in [1.165, 1.54) is 27.5 Å². The Morgan fingerprint density at radius 3 is 3.12 bits per heavy atom. The number of fused-ring (bicyclic) bond motifs is 3. The molecule has 1 unspecified atom stereocenters. The molecule has 84 valence electrons. The van der Waals surface area contributed by atoms with Gasteiger partial charge in [-0.25, -0.2) is 0 Å². The Kier molecular flexibility index (Phi) is 2.52. The standard InChI is InChI=1S/C13H15BrN2/c14-12-3-1-2-10-6-11-5-4-9(7-15)8-16(11)13(10)12/h1-3,6,9H,4-5,7-8,15H2. The smallest absolute Gasteiger partial charge is 0.0626 e. The van der Waals surface area contributed by atoms with Gasteiger partial charge < -0.3 is 10.3 Å². The molecule has 3 rings (SSSR count). The van der Waals surface area contributed by atoms with Crippen molar-refractivity contribution < 1.29 is 0 Å². The summed E-state index contributed by atoms with van der Waals surface area (Å²) in [6, 6.07) is 8.70. The van der Waals surface area contributed by atoms with Gasteiger partial charge in [0.25, 0.3) is 0 Å². The van der Waals surface area contributed by atoms with Crippen LogP contribution in [-0.2, 0) is 13.0 Å². The highest BCUT2D eigenvalue weighted by Gasteiger charge is 2.20. The van der Waals surface area contributed by atoms with Crippen LogP contribution < -0.4 is 5.73 Å². The van der Waals surface area contributed by atoms with Gasteiger partial charge in [0, 0.05) is 22.1 Å². The summed E-state index contributed by atoms with van der Waals surface area (Å²) in [4.78, 5) is 0. The number of aromatic nitrogens is 1. The first kappa shape index (κ1) is 10.4. The van der Waals surface area contributed by atoms with Crippen LogP contribution in [0.1, 0.15) is 12.1 Å². The minimum Gasteiger partial charge on any atom is -0.343 e. The van der Waals surface area contributed by atoms with Crippen LogP contribution in [0.4, 0.5) is 0 Å². The second-order valence-corrected chi connectivity index (χ2v) is 5.42. The fourth-order valence-electron chi connectivity index (χ4n) is 2.64. The number of nitrogens with two attached hydrogens (primary N) is 1. The molecule has 1 aromatic carbocycles. The molecule has 2 heterocycles. The van der Waals surface area contributed by atoms with Gasteiger partial charge in [-0.15, -0.1) is 0 Å². The van der Waals surface area contributed by atoms with Crippen LogP contribution in [0.15, 0.2) is 28.7 Å². The third-order valence-corrected chi connectivity index (χ3v) is 4.18. The SMILES string of the molecule is NCC1CCc2cc3cccc(Br)c3n2C1. The summed E-state index contributed by atoms with van der Waals surface area (Å²) in [5.41, 5.74) is 8.57. The van der Waals surface area contributed by atoms with Gasteiger partial charge in [-0.2, -0.15) is 0 Å². The quantitative estimate of drug-likeness (QED) is 0.855. The van der Waals surface area contributed by atoms with Gasteiger partial charge in [-0.05, 0) is 53.4 Å². The Morgan fingerprint density at radius 1 is 1.44 bits per heavy atom. The van der Waals surface area contributed by atoms with E-state index in [0.29, 0.717) is 5.92 Å². The molecule has 0 saturated carbocycles. The summed E-state index contributed by atoms with van der Waals surface area (Å²) < 4.78 is 3.62. The molecule has 0 aliphatic carbocycles. The lowest BCUT2D eigenvalue weighted by Crippen LogP contribution is -2.25. The molecule has 16 heavy (non-hydrogen) atoms. The predicted octanol–water partition coefficient (Wildman–Crippen LogP) is 2.92. The van der Waals surface area contributed by atoms with Crippen molar-refractivity contribution in [3.63, 3.8) is 0 Å². The van der Waals surface area contributed by atoms with Crippen LogP contribution in [-0.4, -0.2) is 11.1 Å². The summed E-state index contributed by atoms with van der Waals surface area (Å²) in [5.74, 6) is 0.634. The van der Waals surface area contributed by atoms with Crippen molar-refractivity contribution in [3.8, 4) is 0 Å². The Labute approximate surface area is 104 Å². The number of benzene rings is 1. The zero-order valence-corrected chi connectivity index (χ0v) is 10.7. The van der Waals surface area contributed by atoms with Gasteiger partial charge >= 0.3 is 0 Å². The van der Waals surface area contributed by atoms with E-state index < -0.39 is 0 Å². The Bertz CT molecular complexity index is 530. The highest BCUT2D eigenvalue weighted by atomic mass is 79.9. The number of nitrogens with zero attached hydrogens (tertiary/aromatic N) is 1. The van der Waals surface area contributed by atoms with Gasteiger partial charge in [0.1, 0.15) is 0 Å². The van der Waals surface area contributed by atoms with Crippen LogP contribution in [0.5, 0.6) is 0 Å². The molecule has 0 amide bonds. The van der Waals surface area contributed by atoms with E-state index in [4.69, 9.17) is 5.73 Å². The van der Waals surface area contributed by atoms with E-state index in [1.807, 2.05) is 0 Å². The average molecular weight is 279 g/mol. The fourth-order valence-corrected chi connectivity index (χ4v) is 3.24. The molecule has 0 fully saturated rings. The highest BCUT2D eigenvalue weighted by molar-refractivity contribution is 9.10. The van der Waals surface area contributed by atoms with Gasteiger partial charge in [0.2, 0.25) is 0 Å². The first-order valence-electron chi connectivity index (χ1n) is 5.76. The predicted molar refractivity (Wildman–Crippen MR) is 70.5 cm³/mol. The number of para-hydroxylation sites is 1. The minimum atomic E-state index is 0.634. The zero-order valence-electron chi connectivity index (χ0n) is 9.12. The summed E-state index contributed by atoms with van der Waals surface area (Å²) in [6.45, 7) is 1.86. The van der Waals surface area contributed by atoms with Crippen molar-refractivity contribution >= 4 is 26.8 Å². The highest BCUT2D eigenvalue weighted by Crippen LogP contribution is 2.31. The average Bonchev–Trinajstić information content (AvgIpc) is 2.67. The lowest BCUT2D eigenvalue weighted by atomic mass is 9.98. The van der Waals surface area contributed by atoms with Crippen molar-refractivity contribution in [2.24, 2.45) is 11.7 Å². The third kappa shape index (κ3) is 1.50. The topological polar surface area (TPSA) is 30.9 Å². The molecule has 1 aliphatic rings. The van der Waals surface area contributed by atoms with E-state index in [-0.39, 0.29) is 0 Å². The largest absolute Gasteiger partial charge is 0.343 e. The molecule has 0 radical (unpaired) electrons. The van der Waals surface area contributed by atoms with E-state index in [0.717, 1.165) is 19.5 Å². The molecule has 2 aromatic rings. The number of hydrogen-bond acceptors (Lipinski definition) is 1. The van der Waals surface area contributed by atoms with Crippen molar-refractivity contribution in [2.45, 2.75) is 19.4 Å². The van der Waals surface area contributed by atoms with Gasteiger partial charge in [-0.3, -0.25) is 0 Å². The first-order chi connectivity index (χ1) is 7.79. The van der Waals surface area contributed by atoms with Gasteiger partial charge in [-0.1, -0.05) is 12.1 Å². The van der Waals surface area contributed by atoms with E-state index >= 15 is 0 Å². The second kappa shape index (κ2) is 3.90.